The number of phosphoric ester groups is 2. The van der Waals surface area contributed by atoms with Crippen molar-refractivity contribution in [3.8, 4) is 0 Å². The summed E-state index contributed by atoms with van der Waals surface area (Å²) in [6.45, 7) is 4.29. The van der Waals surface area contributed by atoms with E-state index in [4.69, 9.17) is 37.0 Å². The lowest BCUT2D eigenvalue weighted by atomic mass is 10.1. The van der Waals surface area contributed by atoms with Crippen molar-refractivity contribution in [1.29, 1.82) is 0 Å². The van der Waals surface area contributed by atoms with Crippen molar-refractivity contribution < 1.29 is 80.2 Å². The Kier molecular flexibility index (Phi) is 77.5. The molecule has 0 radical (unpaired) electrons. The van der Waals surface area contributed by atoms with Crippen LogP contribution in [-0.4, -0.2) is 96.7 Å². The number of carbonyl (C=O) groups excluding carboxylic acids is 4. The van der Waals surface area contributed by atoms with Crippen molar-refractivity contribution in [1.82, 2.24) is 0 Å². The lowest BCUT2D eigenvalue weighted by Gasteiger charge is -2.21. The van der Waals surface area contributed by atoms with E-state index in [-0.39, 0.29) is 25.7 Å². The maximum Gasteiger partial charge on any atom is 0.472 e. The van der Waals surface area contributed by atoms with Gasteiger partial charge in [0.1, 0.15) is 19.3 Å². The van der Waals surface area contributed by atoms with E-state index in [1.807, 2.05) is 36.5 Å². The minimum atomic E-state index is -5.03. The highest BCUT2D eigenvalue weighted by atomic mass is 31.2. The molecule has 0 aliphatic carbocycles. The number of allylic oxidation sites excluding steroid dienone is 36. The van der Waals surface area contributed by atoms with Gasteiger partial charge in [0, 0.05) is 25.7 Å². The normalized spacial score (nSPS) is 14.9. The van der Waals surface area contributed by atoms with Gasteiger partial charge in [-0.1, -0.05) is 304 Å². The number of hydrogen-bond acceptors (Lipinski definition) is 15. The van der Waals surface area contributed by atoms with Crippen molar-refractivity contribution >= 4 is 39.5 Å². The minimum absolute atomic E-state index is 0.0101. The molecule has 3 N–H and O–H groups in total. The molecule has 5 atom stereocenters. The highest BCUT2D eigenvalue weighted by molar-refractivity contribution is 7.47. The Labute approximate surface area is 677 Å². The Morgan fingerprint density at radius 1 is 0.259 bits per heavy atom. The third-order valence-electron chi connectivity index (χ3n) is 16.4. The molecule has 0 saturated carbocycles. The molecule has 0 aromatic heterocycles. The molecule has 0 aromatic rings. The highest BCUT2D eigenvalue weighted by Crippen LogP contribution is 2.45. The summed E-state index contributed by atoms with van der Waals surface area (Å²) in [5.41, 5.74) is 0. The first kappa shape index (κ1) is 105. The molecule has 17 nitrogen and oxygen atoms in total. The zero-order valence-electron chi connectivity index (χ0n) is 69.0. The molecule has 0 rings (SSSR count). The first-order chi connectivity index (χ1) is 54.7. The Bertz CT molecular complexity index is 2990. The number of aliphatic hydroxyl groups is 1. The van der Waals surface area contributed by atoms with E-state index in [1.165, 1.54) is 38.5 Å². The van der Waals surface area contributed by atoms with Crippen LogP contribution in [-0.2, 0) is 65.4 Å². The van der Waals surface area contributed by atoms with Gasteiger partial charge < -0.3 is 33.8 Å². The Balaban J connectivity index is 5.58. The van der Waals surface area contributed by atoms with Gasteiger partial charge in [0.2, 0.25) is 0 Å². The zero-order chi connectivity index (χ0) is 81.7. The zero-order valence-corrected chi connectivity index (χ0v) is 70.8. The van der Waals surface area contributed by atoms with E-state index in [1.54, 1.807) is 0 Å². The van der Waals surface area contributed by atoms with E-state index in [0.717, 1.165) is 154 Å². The summed E-state index contributed by atoms with van der Waals surface area (Å²) < 4.78 is 68.6. The van der Waals surface area contributed by atoms with Crippen molar-refractivity contribution in [2.45, 2.75) is 303 Å². The van der Waals surface area contributed by atoms with Crippen molar-refractivity contribution in [3.63, 3.8) is 0 Å². The van der Waals surface area contributed by atoms with Crippen LogP contribution in [0.5, 0.6) is 0 Å². The van der Waals surface area contributed by atoms with E-state index >= 15 is 0 Å². The molecular weight excluding hydrogens is 1450 g/mol. The highest BCUT2D eigenvalue weighted by Gasteiger charge is 2.30. The van der Waals surface area contributed by atoms with E-state index < -0.39 is 97.5 Å². The standard InChI is InChI=1S/C93H146O17P2/c1-5-9-13-17-21-25-29-33-37-40-43-46-50-53-57-61-65-69-73-77-90(95)103-83-88(109-92(97)79-75-71-67-63-59-55-49-36-32-28-24-20-16-12-8-4)85-107-111(99,100)105-81-87(94)82-106-112(101,102)108-86-89(110-93(98)80-76-72-68-64-60-56-52-48-45-42-39-35-31-27-23-19-15-11-7-3)84-104-91(96)78-74-70-66-62-58-54-51-47-44-41-38-34-30-26-22-18-14-10-6-2/h9-11,13-15,21-23,25-27,33-39,43-49,53-54,56-58,60,66,68,70,72,87-89,94H,5-8,12,16-20,24,28-32,40-42,50-52,55,59,61-65,67,69,71,73-86H2,1-4H3,(H,99,100)(H,101,102)/b13-9-,14-10-,15-11-,25-21-,26-22-,27-23-,37-33-,38-34-,39-35-,46-43-,47-44-,48-45-,49-36-,57-53-,58-54-,60-56-,70-66-,72-68-. The second-order valence-electron chi connectivity index (χ2n) is 26.9. The average molecular weight is 1600 g/mol. The predicted octanol–water partition coefficient (Wildman–Crippen LogP) is 25.2. The Morgan fingerprint density at radius 2 is 0.482 bits per heavy atom. The molecule has 630 valence electrons. The molecule has 0 aliphatic heterocycles. The van der Waals surface area contributed by atoms with Crippen LogP contribution in [0.4, 0.5) is 0 Å². The molecule has 5 unspecified atom stereocenters. The van der Waals surface area contributed by atoms with Crippen LogP contribution in [0.1, 0.15) is 285 Å². The molecule has 0 aliphatic rings. The van der Waals surface area contributed by atoms with Gasteiger partial charge >= 0.3 is 39.5 Å². The van der Waals surface area contributed by atoms with Crippen molar-refractivity contribution in [2.24, 2.45) is 0 Å². The Hall–Kier alpha value is -6.62. The molecule has 0 heterocycles. The fourth-order valence-corrected chi connectivity index (χ4v) is 11.8. The van der Waals surface area contributed by atoms with E-state index in [0.29, 0.717) is 38.5 Å². The maximum atomic E-state index is 13.1. The molecule has 0 saturated heterocycles. The molecule has 0 fully saturated rings. The first-order valence-corrected chi connectivity index (χ1v) is 45.0. The van der Waals surface area contributed by atoms with Crippen LogP contribution < -0.4 is 0 Å². The number of unbranched alkanes of at least 4 members (excludes halogenated alkanes) is 14. The van der Waals surface area contributed by atoms with Gasteiger partial charge in [0.25, 0.3) is 0 Å². The molecule has 0 aromatic carbocycles. The minimum Gasteiger partial charge on any atom is -0.462 e. The number of phosphoric acid groups is 2. The van der Waals surface area contributed by atoms with Crippen LogP contribution in [0, 0.1) is 0 Å². The summed E-state index contributed by atoms with van der Waals surface area (Å²) in [5.74, 6) is -2.44. The molecule has 19 heteroatoms. The SMILES string of the molecule is CC/C=C\C/C=C\C/C=C\C/C=C\C/C=C\C/C=C\CCC(=O)OCC(COP(=O)(O)OCC(O)COP(=O)(O)OCC(COC(=O)CCCCC/C=C\C/C=C\C/C=C\C/C=C\C/C=C\CC)OC(=O)CCCCCCC/C=C\CCCCCCCC)OC(=O)CC/C=C\C/C=C\C/C=C\C/C=C\C/C=C\C/C=C\CC. The van der Waals surface area contributed by atoms with Crippen LogP contribution in [0.15, 0.2) is 219 Å². The summed E-state index contributed by atoms with van der Waals surface area (Å²) in [4.78, 5) is 73.2. The first-order valence-electron chi connectivity index (χ1n) is 42.0. The van der Waals surface area contributed by atoms with Gasteiger partial charge in [-0.05, 0) is 173 Å². The van der Waals surface area contributed by atoms with Gasteiger partial charge in [-0.15, -0.1) is 0 Å². The largest absolute Gasteiger partial charge is 0.472 e. The lowest BCUT2D eigenvalue weighted by molar-refractivity contribution is -0.161. The van der Waals surface area contributed by atoms with Gasteiger partial charge in [-0.3, -0.25) is 37.3 Å². The fraction of sp³-hybridized carbons (Fsp3) is 0.570. The van der Waals surface area contributed by atoms with Crippen molar-refractivity contribution in [3.05, 3.63) is 219 Å². The maximum absolute atomic E-state index is 13.1. The van der Waals surface area contributed by atoms with Crippen LogP contribution in [0.2, 0.25) is 0 Å². The van der Waals surface area contributed by atoms with E-state index in [2.05, 4.69) is 210 Å². The molecule has 0 bridgehead atoms. The summed E-state index contributed by atoms with van der Waals surface area (Å²) in [6, 6.07) is 0. The fourth-order valence-electron chi connectivity index (χ4n) is 10.2. The molecule has 0 spiro atoms. The molecule has 112 heavy (non-hydrogen) atoms. The predicted molar refractivity (Wildman–Crippen MR) is 463 cm³/mol. The second kappa shape index (κ2) is 82.4. The number of aliphatic hydroxyl groups excluding tert-OH is 1. The Morgan fingerprint density at radius 3 is 0.804 bits per heavy atom. The molecule has 0 amide bonds. The third kappa shape index (κ3) is 81.4. The van der Waals surface area contributed by atoms with Crippen LogP contribution >= 0.6 is 15.6 Å². The second-order valence-corrected chi connectivity index (χ2v) is 29.8. The lowest BCUT2D eigenvalue weighted by Crippen LogP contribution is -2.30. The van der Waals surface area contributed by atoms with Crippen LogP contribution in [0.3, 0.4) is 0 Å². The van der Waals surface area contributed by atoms with Gasteiger partial charge in [0.05, 0.1) is 26.4 Å². The number of ether oxygens (including phenoxy) is 4. The number of hydrogen-bond donors (Lipinski definition) is 3. The van der Waals surface area contributed by atoms with Gasteiger partial charge in [-0.25, -0.2) is 9.13 Å². The monoisotopic (exact) mass is 1600 g/mol. The quantitative estimate of drug-likeness (QED) is 0.0169. The van der Waals surface area contributed by atoms with Gasteiger partial charge in [0.15, 0.2) is 12.2 Å². The van der Waals surface area contributed by atoms with Crippen LogP contribution in [0.25, 0.3) is 0 Å². The molecular formula is C93H146O17P2. The summed E-state index contributed by atoms with van der Waals surface area (Å²) in [7, 11) is -10.0. The summed E-state index contributed by atoms with van der Waals surface area (Å²) in [6.07, 6.45) is 105. The topological polar surface area (TPSA) is 237 Å². The van der Waals surface area contributed by atoms with E-state index in [9.17, 15) is 43.2 Å². The van der Waals surface area contributed by atoms with Crippen molar-refractivity contribution in [2.75, 3.05) is 39.6 Å². The smallest absolute Gasteiger partial charge is 0.462 e. The summed E-state index contributed by atoms with van der Waals surface area (Å²) >= 11 is 0. The third-order valence-corrected chi connectivity index (χ3v) is 18.3. The van der Waals surface area contributed by atoms with Gasteiger partial charge in [-0.2, -0.15) is 0 Å². The number of esters is 4. The number of rotatable bonds is 76. The average Bonchev–Trinajstić information content (AvgIpc) is 0.898. The summed E-state index contributed by atoms with van der Waals surface area (Å²) in [5, 5.41) is 10.7. The number of carbonyl (C=O) groups is 4.